The van der Waals surface area contributed by atoms with Crippen LogP contribution in [-0.2, 0) is 25.8 Å². The monoisotopic (exact) mass is 423 g/mol. The third-order valence-electron chi connectivity index (χ3n) is 4.12. The van der Waals surface area contributed by atoms with Gasteiger partial charge in [-0.2, -0.15) is 0 Å². The van der Waals surface area contributed by atoms with Crippen LogP contribution in [0.15, 0.2) is 29.6 Å². The molecule has 0 aliphatic heterocycles. The van der Waals surface area contributed by atoms with Gasteiger partial charge >= 0.3 is 5.97 Å². The van der Waals surface area contributed by atoms with Crippen molar-refractivity contribution in [3.05, 3.63) is 40.8 Å². The summed E-state index contributed by atoms with van der Waals surface area (Å²) in [5, 5.41) is 4.97. The smallest absolute Gasteiger partial charge is 0.341 e. The highest BCUT2D eigenvalue weighted by atomic mass is 32.2. The van der Waals surface area contributed by atoms with Gasteiger partial charge in [0.15, 0.2) is 0 Å². The molecule has 0 unspecified atom stereocenters. The molecule has 152 valence electrons. The Kier molecular flexibility index (Phi) is 7.77. The lowest BCUT2D eigenvalue weighted by Gasteiger charge is -2.09. The maximum atomic E-state index is 12.5. The fourth-order valence-electron chi connectivity index (χ4n) is 2.67. The Hall–Kier alpha value is -2.19. The van der Waals surface area contributed by atoms with Crippen LogP contribution in [0.3, 0.4) is 0 Å². The molecule has 0 aliphatic carbocycles. The van der Waals surface area contributed by atoms with E-state index < -0.39 is 15.8 Å². The lowest BCUT2D eigenvalue weighted by molar-refractivity contribution is -0.116. The maximum absolute atomic E-state index is 12.5. The molecule has 1 aromatic carbocycles. The Bertz CT molecular complexity index is 930. The number of ether oxygens (including phenoxy) is 1. The van der Waals surface area contributed by atoms with Gasteiger partial charge in [0.2, 0.25) is 5.91 Å². The van der Waals surface area contributed by atoms with E-state index in [2.05, 4.69) is 12.2 Å². The van der Waals surface area contributed by atoms with Crippen molar-refractivity contribution in [2.45, 2.75) is 33.1 Å². The predicted octanol–water partition coefficient (Wildman–Crippen LogP) is 3.92. The fraction of sp³-hybridized carbons (Fsp3) is 0.400. The van der Waals surface area contributed by atoms with Crippen molar-refractivity contribution >= 4 is 38.1 Å². The SMILES string of the molecule is CCOC(=O)c1c(-c2ccc(CC)cc2)csc1NC(=O)CCCS(C)(=O)=O. The van der Waals surface area contributed by atoms with Crippen LogP contribution in [0.2, 0.25) is 0 Å². The number of carbonyl (C=O) groups is 2. The van der Waals surface area contributed by atoms with Gasteiger partial charge in [0.25, 0.3) is 0 Å². The number of hydrogen-bond donors (Lipinski definition) is 1. The van der Waals surface area contributed by atoms with Gasteiger partial charge in [0.1, 0.15) is 20.4 Å². The molecular weight excluding hydrogens is 398 g/mol. The van der Waals surface area contributed by atoms with E-state index in [1.807, 2.05) is 29.6 Å². The molecule has 1 amide bonds. The van der Waals surface area contributed by atoms with Gasteiger partial charge in [-0.15, -0.1) is 11.3 Å². The van der Waals surface area contributed by atoms with E-state index in [0.29, 0.717) is 16.1 Å². The van der Waals surface area contributed by atoms with Crippen LogP contribution in [0.1, 0.15) is 42.6 Å². The second-order valence-corrected chi connectivity index (χ2v) is 9.55. The first kappa shape index (κ1) is 22.1. The normalized spacial score (nSPS) is 11.2. The predicted molar refractivity (Wildman–Crippen MR) is 113 cm³/mol. The molecule has 0 aliphatic rings. The summed E-state index contributed by atoms with van der Waals surface area (Å²) in [7, 11) is -3.11. The van der Waals surface area contributed by atoms with Crippen molar-refractivity contribution in [2.24, 2.45) is 0 Å². The zero-order valence-electron chi connectivity index (χ0n) is 16.3. The van der Waals surface area contributed by atoms with Crippen molar-refractivity contribution in [2.75, 3.05) is 23.9 Å². The van der Waals surface area contributed by atoms with Gasteiger partial charge in [0.05, 0.1) is 12.4 Å². The van der Waals surface area contributed by atoms with E-state index in [1.165, 1.54) is 16.9 Å². The first-order valence-corrected chi connectivity index (χ1v) is 12.0. The zero-order valence-corrected chi connectivity index (χ0v) is 17.9. The largest absolute Gasteiger partial charge is 0.462 e. The molecule has 2 rings (SSSR count). The molecule has 2 aromatic rings. The second kappa shape index (κ2) is 9.84. The summed E-state index contributed by atoms with van der Waals surface area (Å²) in [6.45, 7) is 4.02. The summed E-state index contributed by atoms with van der Waals surface area (Å²) < 4.78 is 27.6. The molecule has 28 heavy (non-hydrogen) atoms. The number of anilines is 1. The van der Waals surface area contributed by atoms with Crippen molar-refractivity contribution < 1.29 is 22.7 Å². The highest BCUT2D eigenvalue weighted by Crippen LogP contribution is 2.36. The number of amides is 1. The number of rotatable bonds is 9. The molecule has 0 radical (unpaired) electrons. The quantitative estimate of drug-likeness (QED) is 0.618. The minimum Gasteiger partial charge on any atom is -0.462 e. The first-order chi connectivity index (χ1) is 13.2. The zero-order chi connectivity index (χ0) is 20.7. The van der Waals surface area contributed by atoms with E-state index in [1.54, 1.807) is 6.92 Å². The van der Waals surface area contributed by atoms with Crippen molar-refractivity contribution in [1.29, 1.82) is 0 Å². The number of benzene rings is 1. The summed E-state index contributed by atoms with van der Waals surface area (Å²) in [5.41, 5.74) is 3.09. The Balaban J connectivity index is 2.25. The molecule has 0 saturated carbocycles. The van der Waals surface area contributed by atoms with Crippen LogP contribution in [0.5, 0.6) is 0 Å². The van der Waals surface area contributed by atoms with Crippen LogP contribution in [0.25, 0.3) is 11.1 Å². The molecule has 6 nitrogen and oxygen atoms in total. The number of carbonyl (C=O) groups excluding carboxylic acids is 2. The summed E-state index contributed by atoms with van der Waals surface area (Å²) >= 11 is 1.25. The molecule has 0 spiro atoms. The summed E-state index contributed by atoms with van der Waals surface area (Å²) in [6, 6.07) is 7.90. The molecule has 1 heterocycles. The molecule has 1 N–H and O–H groups in total. The standard InChI is InChI=1S/C20H25NO5S2/c1-4-14-8-10-15(11-9-14)16-13-27-19(18(16)20(23)26-5-2)21-17(22)7-6-12-28(3,24)25/h8-11,13H,4-7,12H2,1-3H3,(H,21,22). The Labute approximate surface area is 169 Å². The average Bonchev–Trinajstić information content (AvgIpc) is 3.04. The maximum Gasteiger partial charge on any atom is 0.341 e. The van der Waals surface area contributed by atoms with Gasteiger partial charge in [-0.25, -0.2) is 13.2 Å². The van der Waals surface area contributed by atoms with Crippen LogP contribution in [0.4, 0.5) is 5.00 Å². The van der Waals surface area contributed by atoms with Crippen molar-refractivity contribution in [1.82, 2.24) is 0 Å². The lowest BCUT2D eigenvalue weighted by atomic mass is 10.0. The third kappa shape index (κ3) is 6.17. The van der Waals surface area contributed by atoms with Crippen LogP contribution in [-0.4, -0.2) is 38.9 Å². The second-order valence-electron chi connectivity index (χ2n) is 6.41. The highest BCUT2D eigenvalue weighted by molar-refractivity contribution is 7.90. The topological polar surface area (TPSA) is 89.5 Å². The van der Waals surface area contributed by atoms with Gasteiger partial charge in [-0.05, 0) is 30.9 Å². The van der Waals surface area contributed by atoms with E-state index in [0.717, 1.165) is 18.2 Å². The van der Waals surface area contributed by atoms with Gasteiger partial charge < -0.3 is 10.1 Å². The van der Waals surface area contributed by atoms with Crippen molar-refractivity contribution in [3.63, 3.8) is 0 Å². The molecule has 0 atom stereocenters. The number of aryl methyl sites for hydroxylation is 1. The average molecular weight is 424 g/mol. The van der Waals surface area contributed by atoms with E-state index in [9.17, 15) is 18.0 Å². The van der Waals surface area contributed by atoms with Crippen LogP contribution < -0.4 is 5.32 Å². The van der Waals surface area contributed by atoms with Gasteiger partial charge in [-0.3, -0.25) is 4.79 Å². The highest BCUT2D eigenvalue weighted by Gasteiger charge is 2.22. The van der Waals surface area contributed by atoms with Crippen molar-refractivity contribution in [3.8, 4) is 11.1 Å². The van der Waals surface area contributed by atoms with E-state index in [-0.39, 0.29) is 31.1 Å². The minimum atomic E-state index is -3.11. The molecule has 0 fully saturated rings. The number of hydrogen-bond acceptors (Lipinski definition) is 6. The van der Waals surface area contributed by atoms with E-state index in [4.69, 9.17) is 4.74 Å². The Morgan fingerprint density at radius 3 is 2.39 bits per heavy atom. The molecule has 1 aromatic heterocycles. The van der Waals surface area contributed by atoms with Crippen LogP contribution >= 0.6 is 11.3 Å². The van der Waals surface area contributed by atoms with E-state index >= 15 is 0 Å². The molecule has 0 bridgehead atoms. The number of sulfone groups is 1. The number of nitrogens with one attached hydrogen (secondary N) is 1. The number of thiophene rings is 1. The first-order valence-electron chi connectivity index (χ1n) is 9.10. The minimum absolute atomic E-state index is 0.0510. The molecule has 0 saturated heterocycles. The summed E-state index contributed by atoms with van der Waals surface area (Å²) in [4.78, 5) is 24.7. The van der Waals surface area contributed by atoms with Crippen LogP contribution in [0, 0.1) is 0 Å². The molecular formula is C20H25NO5S2. The third-order valence-corrected chi connectivity index (χ3v) is 6.04. The molecule has 8 heteroatoms. The van der Waals surface area contributed by atoms with Gasteiger partial charge in [0, 0.05) is 23.6 Å². The lowest BCUT2D eigenvalue weighted by Crippen LogP contribution is -2.15. The Morgan fingerprint density at radius 1 is 1.14 bits per heavy atom. The Morgan fingerprint density at radius 2 is 1.82 bits per heavy atom. The fourth-order valence-corrected chi connectivity index (χ4v) is 4.31. The summed E-state index contributed by atoms with van der Waals surface area (Å²) in [6.07, 6.45) is 2.35. The van der Waals surface area contributed by atoms with Gasteiger partial charge in [-0.1, -0.05) is 31.2 Å². The number of esters is 1. The summed E-state index contributed by atoms with van der Waals surface area (Å²) in [5.74, 6) is -0.876.